The molecule has 0 aromatic carbocycles. The van der Waals surface area contributed by atoms with Gasteiger partial charge in [0, 0.05) is 32.4 Å². The fourth-order valence-electron chi connectivity index (χ4n) is 3.35. The molecule has 114 valence electrons. The van der Waals surface area contributed by atoms with E-state index in [9.17, 15) is 8.42 Å². The van der Waals surface area contributed by atoms with Gasteiger partial charge in [-0.05, 0) is 24.7 Å². The molecule has 2 heterocycles. The van der Waals surface area contributed by atoms with Crippen LogP contribution in [0.5, 0.6) is 0 Å². The molecule has 1 aliphatic carbocycles. The average molecular weight is 321 g/mol. The molecule has 2 aliphatic rings. The van der Waals surface area contributed by atoms with Crippen LogP contribution in [0.15, 0.2) is 17.3 Å². The van der Waals surface area contributed by atoms with Crippen molar-refractivity contribution in [1.82, 2.24) is 14.1 Å². The monoisotopic (exact) mass is 320 g/mol. The predicted octanol–water partition coefficient (Wildman–Crippen LogP) is 0.590. The Morgan fingerprint density at radius 2 is 2.10 bits per heavy atom. The van der Waals surface area contributed by atoms with Gasteiger partial charge in [-0.2, -0.15) is 9.40 Å². The normalized spacial score (nSPS) is 30.8. The van der Waals surface area contributed by atoms with Crippen molar-refractivity contribution in [3.63, 3.8) is 0 Å². The van der Waals surface area contributed by atoms with Crippen LogP contribution in [0.2, 0.25) is 0 Å². The zero-order chi connectivity index (χ0) is 13.6. The first-order valence-corrected chi connectivity index (χ1v) is 8.17. The molecule has 0 bridgehead atoms. The highest BCUT2D eigenvalue weighted by molar-refractivity contribution is 7.89. The van der Waals surface area contributed by atoms with Crippen molar-refractivity contribution in [2.45, 2.75) is 30.2 Å². The summed E-state index contributed by atoms with van der Waals surface area (Å²) >= 11 is 0. The number of aromatic nitrogens is 2. The number of hydrogen-bond donors (Lipinski definition) is 1. The first kappa shape index (κ1) is 15.8. The van der Waals surface area contributed by atoms with E-state index in [1.165, 1.54) is 10.9 Å². The minimum atomic E-state index is -3.41. The van der Waals surface area contributed by atoms with Crippen LogP contribution in [0.4, 0.5) is 0 Å². The molecule has 3 rings (SSSR count). The van der Waals surface area contributed by atoms with E-state index in [2.05, 4.69) is 5.10 Å². The fraction of sp³-hybridized carbons (Fsp3) is 0.750. The zero-order valence-electron chi connectivity index (χ0n) is 11.5. The van der Waals surface area contributed by atoms with Gasteiger partial charge in [0.15, 0.2) is 0 Å². The van der Waals surface area contributed by atoms with Gasteiger partial charge in [0.05, 0.1) is 6.20 Å². The molecular formula is C12H21ClN4O2S. The van der Waals surface area contributed by atoms with Gasteiger partial charge in [0.25, 0.3) is 0 Å². The summed E-state index contributed by atoms with van der Waals surface area (Å²) in [6.07, 6.45) is 6.19. The second-order valence-corrected chi connectivity index (χ2v) is 7.63. The number of nitrogens with two attached hydrogens (primary N) is 1. The Hall–Kier alpha value is -0.630. The second kappa shape index (κ2) is 5.63. The van der Waals surface area contributed by atoms with Gasteiger partial charge in [-0.25, -0.2) is 8.42 Å². The maximum atomic E-state index is 12.5. The van der Waals surface area contributed by atoms with Gasteiger partial charge in [-0.3, -0.25) is 4.68 Å². The lowest BCUT2D eigenvalue weighted by Gasteiger charge is -2.29. The van der Waals surface area contributed by atoms with Crippen LogP contribution in [0.25, 0.3) is 0 Å². The van der Waals surface area contributed by atoms with Gasteiger partial charge >= 0.3 is 0 Å². The van der Waals surface area contributed by atoms with Crippen molar-refractivity contribution in [2.24, 2.45) is 24.6 Å². The molecule has 1 aliphatic heterocycles. The molecule has 2 N–H and O–H groups in total. The highest BCUT2D eigenvalue weighted by Gasteiger charge is 2.43. The predicted molar refractivity (Wildman–Crippen MR) is 78.0 cm³/mol. The van der Waals surface area contributed by atoms with Gasteiger partial charge < -0.3 is 5.73 Å². The van der Waals surface area contributed by atoms with E-state index in [1.54, 1.807) is 17.5 Å². The van der Waals surface area contributed by atoms with Crippen molar-refractivity contribution in [3.05, 3.63) is 12.4 Å². The highest BCUT2D eigenvalue weighted by atomic mass is 35.5. The van der Waals surface area contributed by atoms with Gasteiger partial charge in [-0.15, -0.1) is 12.4 Å². The van der Waals surface area contributed by atoms with Crippen LogP contribution < -0.4 is 5.73 Å². The summed E-state index contributed by atoms with van der Waals surface area (Å²) in [4.78, 5) is 0.280. The van der Waals surface area contributed by atoms with E-state index >= 15 is 0 Å². The van der Waals surface area contributed by atoms with E-state index < -0.39 is 10.0 Å². The molecule has 1 saturated heterocycles. The van der Waals surface area contributed by atoms with Crippen molar-refractivity contribution in [2.75, 3.05) is 13.1 Å². The SMILES string of the molecule is Cl.Cn1cc(S(=O)(=O)N2CC3CCCC(N)C3C2)cn1. The Balaban J connectivity index is 0.00000147. The van der Waals surface area contributed by atoms with Crippen molar-refractivity contribution < 1.29 is 8.42 Å². The molecule has 3 unspecified atom stereocenters. The van der Waals surface area contributed by atoms with Crippen LogP contribution in [0, 0.1) is 11.8 Å². The molecule has 3 atom stereocenters. The number of halogens is 1. The van der Waals surface area contributed by atoms with E-state index in [-0.39, 0.29) is 23.3 Å². The summed E-state index contributed by atoms with van der Waals surface area (Å²) in [5.41, 5.74) is 6.13. The topological polar surface area (TPSA) is 81.2 Å². The van der Waals surface area contributed by atoms with Gasteiger partial charge in [-0.1, -0.05) is 6.42 Å². The first-order valence-electron chi connectivity index (χ1n) is 6.73. The molecule has 20 heavy (non-hydrogen) atoms. The summed E-state index contributed by atoms with van der Waals surface area (Å²) in [7, 11) is -1.68. The summed E-state index contributed by atoms with van der Waals surface area (Å²) in [5, 5.41) is 3.95. The minimum absolute atomic E-state index is 0. The van der Waals surface area contributed by atoms with E-state index in [0.717, 1.165) is 19.3 Å². The Kier molecular flexibility index (Phi) is 4.44. The smallest absolute Gasteiger partial charge is 0.246 e. The Bertz CT molecular complexity index is 574. The average Bonchev–Trinajstić information content (AvgIpc) is 2.96. The van der Waals surface area contributed by atoms with Crippen molar-refractivity contribution in [3.8, 4) is 0 Å². The number of aryl methyl sites for hydroxylation is 1. The Labute approximate surface area is 125 Å². The number of sulfonamides is 1. The van der Waals surface area contributed by atoms with Crippen LogP contribution in [-0.4, -0.2) is 41.6 Å². The van der Waals surface area contributed by atoms with Crippen molar-refractivity contribution >= 4 is 22.4 Å². The number of hydrogen-bond acceptors (Lipinski definition) is 4. The van der Waals surface area contributed by atoms with Crippen molar-refractivity contribution in [1.29, 1.82) is 0 Å². The summed E-state index contributed by atoms with van der Waals surface area (Å²) in [5.74, 6) is 0.746. The van der Waals surface area contributed by atoms with E-state index in [0.29, 0.717) is 24.9 Å². The molecule has 2 fully saturated rings. The Morgan fingerprint density at radius 1 is 1.35 bits per heavy atom. The molecule has 8 heteroatoms. The molecule has 6 nitrogen and oxygen atoms in total. The van der Waals surface area contributed by atoms with Gasteiger partial charge in [0.1, 0.15) is 4.90 Å². The van der Waals surface area contributed by atoms with Gasteiger partial charge in [0.2, 0.25) is 10.0 Å². The maximum absolute atomic E-state index is 12.5. The molecule has 1 aromatic rings. The second-order valence-electron chi connectivity index (χ2n) is 5.69. The standard InChI is InChI=1S/C12H20N4O2S.ClH/c1-15-7-10(5-14-15)19(17,18)16-6-9-3-2-4-12(13)11(9)8-16;/h5,7,9,11-12H,2-4,6,8,13H2,1H3;1H. The Morgan fingerprint density at radius 3 is 2.70 bits per heavy atom. The van der Waals surface area contributed by atoms with Crippen LogP contribution >= 0.6 is 12.4 Å². The third-order valence-electron chi connectivity index (χ3n) is 4.44. The quantitative estimate of drug-likeness (QED) is 0.864. The molecule has 0 amide bonds. The number of nitrogens with zero attached hydrogens (tertiary/aromatic N) is 3. The lowest BCUT2D eigenvalue weighted by atomic mass is 9.78. The third-order valence-corrected chi connectivity index (χ3v) is 6.22. The lowest BCUT2D eigenvalue weighted by molar-refractivity contribution is 0.260. The zero-order valence-corrected chi connectivity index (χ0v) is 13.1. The number of fused-ring (bicyclic) bond motifs is 1. The minimum Gasteiger partial charge on any atom is -0.327 e. The van der Waals surface area contributed by atoms with Crippen LogP contribution in [0.3, 0.4) is 0 Å². The van der Waals surface area contributed by atoms with Crippen LogP contribution in [0.1, 0.15) is 19.3 Å². The van der Waals surface area contributed by atoms with E-state index in [1.807, 2.05) is 0 Å². The lowest BCUT2D eigenvalue weighted by Crippen LogP contribution is -2.38. The summed E-state index contributed by atoms with van der Waals surface area (Å²) < 4.78 is 28.2. The van der Waals surface area contributed by atoms with E-state index in [4.69, 9.17) is 5.73 Å². The molecule has 1 aromatic heterocycles. The summed E-state index contributed by atoms with van der Waals surface area (Å²) in [6, 6.07) is 0.146. The molecule has 1 saturated carbocycles. The molecule has 0 radical (unpaired) electrons. The summed E-state index contributed by atoms with van der Waals surface area (Å²) in [6.45, 7) is 1.17. The number of rotatable bonds is 2. The first-order chi connectivity index (χ1) is 8.98. The largest absolute Gasteiger partial charge is 0.327 e. The third kappa shape index (κ3) is 2.59. The maximum Gasteiger partial charge on any atom is 0.246 e. The molecule has 0 spiro atoms. The van der Waals surface area contributed by atoms with Crippen LogP contribution in [-0.2, 0) is 17.1 Å². The highest BCUT2D eigenvalue weighted by Crippen LogP contribution is 2.37. The fourth-order valence-corrected chi connectivity index (χ4v) is 4.87. The molecular weight excluding hydrogens is 300 g/mol.